The molecule has 100 valence electrons. The van der Waals surface area contributed by atoms with E-state index in [-0.39, 0.29) is 5.69 Å². The average molecular weight is 260 g/mol. The standard InChI is InChI=1S/C14H16N2O3/c1-4-19-13-6-9(3)8(2)5-10(13)11-7-12(14(17)18)16-15-11/h5-7H,4H2,1-3H3,(H,15,16)(H,17,18). The van der Waals surface area contributed by atoms with E-state index in [4.69, 9.17) is 9.84 Å². The molecule has 0 aliphatic heterocycles. The van der Waals surface area contributed by atoms with Crippen LogP contribution in [0.1, 0.15) is 28.5 Å². The molecule has 0 saturated heterocycles. The van der Waals surface area contributed by atoms with E-state index in [0.29, 0.717) is 18.1 Å². The highest BCUT2D eigenvalue weighted by Gasteiger charge is 2.14. The smallest absolute Gasteiger partial charge is 0.353 e. The highest BCUT2D eigenvalue weighted by atomic mass is 16.5. The van der Waals surface area contributed by atoms with Crippen LogP contribution >= 0.6 is 0 Å². The van der Waals surface area contributed by atoms with Gasteiger partial charge in [0.1, 0.15) is 11.4 Å². The molecule has 0 saturated carbocycles. The van der Waals surface area contributed by atoms with Crippen molar-refractivity contribution >= 4 is 5.97 Å². The minimum Gasteiger partial charge on any atom is -0.493 e. The SMILES string of the molecule is CCOc1cc(C)c(C)cc1-c1cc(C(=O)O)[nH]n1. The number of hydrogen-bond acceptors (Lipinski definition) is 3. The quantitative estimate of drug-likeness (QED) is 0.886. The van der Waals surface area contributed by atoms with Gasteiger partial charge in [0.25, 0.3) is 0 Å². The minimum absolute atomic E-state index is 0.0654. The van der Waals surface area contributed by atoms with Crippen LogP contribution in [0.4, 0.5) is 0 Å². The van der Waals surface area contributed by atoms with Gasteiger partial charge in [-0.15, -0.1) is 0 Å². The molecule has 2 N–H and O–H groups in total. The van der Waals surface area contributed by atoms with Crippen LogP contribution in [0.2, 0.25) is 0 Å². The average Bonchev–Trinajstić information content (AvgIpc) is 2.83. The summed E-state index contributed by atoms with van der Waals surface area (Å²) in [5, 5.41) is 15.5. The van der Waals surface area contributed by atoms with E-state index in [9.17, 15) is 4.79 Å². The number of aromatic carboxylic acids is 1. The second kappa shape index (κ2) is 5.14. The maximum absolute atomic E-state index is 10.9. The number of benzene rings is 1. The van der Waals surface area contributed by atoms with Gasteiger partial charge in [0.2, 0.25) is 0 Å². The van der Waals surface area contributed by atoms with Crippen LogP contribution in [0.3, 0.4) is 0 Å². The molecule has 0 radical (unpaired) electrons. The van der Waals surface area contributed by atoms with Gasteiger partial charge in [-0.25, -0.2) is 4.79 Å². The summed E-state index contributed by atoms with van der Waals surface area (Å²) < 4.78 is 5.60. The molecule has 2 rings (SSSR count). The molecule has 19 heavy (non-hydrogen) atoms. The molecule has 2 aromatic rings. The lowest BCUT2D eigenvalue weighted by atomic mass is 10.0. The number of H-pyrrole nitrogens is 1. The first-order valence-electron chi connectivity index (χ1n) is 6.06. The first kappa shape index (κ1) is 13.1. The third-order valence-corrected chi connectivity index (χ3v) is 2.98. The second-order valence-electron chi connectivity index (χ2n) is 4.34. The van der Waals surface area contributed by atoms with Gasteiger partial charge >= 0.3 is 5.97 Å². The summed E-state index contributed by atoms with van der Waals surface area (Å²) >= 11 is 0. The van der Waals surface area contributed by atoms with Gasteiger partial charge in [0, 0.05) is 5.56 Å². The fraction of sp³-hybridized carbons (Fsp3) is 0.286. The Balaban J connectivity index is 2.52. The number of aromatic amines is 1. The lowest BCUT2D eigenvalue weighted by Gasteiger charge is -2.11. The van der Waals surface area contributed by atoms with Crippen LogP contribution in [0.5, 0.6) is 5.75 Å². The third kappa shape index (κ3) is 2.59. The molecule has 0 atom stereocenters. The van der Waals surface area contributed by atoms with Crippen LogP contribution < -0.4 is 4.74 Å². The van der Waals surface area contributed by atoms with Crippen LogP contribution in [0.25, 0.3) is 11.3 Å². The highest BCUT2D eigenvalue weighted by Crippen LogP contribution is 2.32. The van der Waals surface area contributed by atoms with Gasteiger partial charge < -0.3 is 9.84 Å². The number of rotatable bonds is 4. The Morgan fingerprint density at radius 3 is 2.58 bits per heavy atom. The molecule has 0 bridgehead atoms. The lowest BCUT2D eigenvalue weighted by Crippen LogP contribution is -1.96. The number of nitrogens with one attached hydrogen (secondary N) is 1. The highest BCUT2D eigenvalue weighted by molar-refractivity contribution is 5.87. The number of carbonyl (C=O) groups is 1. The molecule has 0 fully saturated rings. The molecular weight excluding hydrogens is 244 g/mol. The summed E-state index contributed by atoms with van der Waals surface area (Å²) in [5.74, 6) is -0.311. The molecule has 5 heteroatoms. The van der Waals surface area contributed by atoms with Gasteiger partial charge in [-0.3, -0.25) is 5.10 Å². The number of hydrogen-bond donors (Lipinski definition) is 2. The molecular formula is C14H16N2O3. The molecule has 1 aromatic carbocycles. The van der Waals surface area contributed by atoms with E-state index in [1.54, 1.807) is 0 Å². The van der Waals surface area contributed by atoms with E-state index in [1.165, 1.54) is 6.07 Å². The van der Waals surface area contributed by atoms with E-state index in [1.807, 2.05) is 32.9 Å². The maximum atomic E-state index is 10.9. The van der Waals surface area contributed by atoms with Gasteiger partial charge in [-0.05, 0) is 50.1 Å². The number of ether oxygens (including phenoxy) is 1. The molecule has 0 aliphatic carbocycles. The molecule has 0 aliphatic rings. The summed E-state index contributed by atoms with van der Waals surface area (Å²) in [6.07, 6.45) is 0. The van der Waals surface area contributed by atoms with Crippen LogP contribution in [-0.2, 0) is 0 Å². The molecule has 0 unspecified atom stereocenters. The molecule has 1 aromatic heterocycles. The van der Waals surface area contributed by atoms with E-state index in [0.717, 1.165) is 16.7 Å². The summed E-state index contributed by atoms with van der Waals surface area (Å²) in [7, 11) is 0. The van der Waals surface area contributed by atoms with Crippen molar-refractivity contribution in [3.8, 4) is 17.0 Å². The summed E-state index contributed by atoms with van der Waals surface area (Å²) in [5.41, 5.74) is 3.67. The normalized spacial score (nSPS) is 10.5. The number of carboxylic acids is 1. The second-order valence-corrected chi connectivity index (χ2v) is 4.34. The zero-order chi connectivity index (χ0) is 14.0. The van der Waals surface area contributed by atoms with Crippen molar-refractivity contribution < 1.29 is 14.6 Å². The monoisotopic (exact) mass is 260 g/mol. The van der Waals surface area contributed by atoms with Crippen LogP contribution in [-0.4, -0.2) is 27.9 Å². The van der Waals surface area contributed by atoms with Crippen molar-refractivity contribution in [2.75, 3.05) is 6.61 Å². The summed E-state index contributed by atoms with van der Waals surface area (Å²) in [4.78, 5) is 10.9. The fourth-order valence-corrected chi connectivity index (χ4v) is 1.83. The summed E-state index contributed by atoms with van der Waals surface area (Å²) in [6, 6.07) is 5.42. The maximum Gasteiger partial charge on any atom is 0.353 e. The molecule has 5 nitrogen and oxygen atoms in total. The largest absolute Gasteiger partial charge is 0.493 e. The Labute approximate surface area is 111 Å². The van der Waals surface area contributed by atoms with Crippen LogP contribution in [0.15, 0.2) is 18.2 Å². The predicted octanol–water partition coefficient (Wildman–Crippen LogP) is 2.79. The molecule has 1 heterocycles. The zero-order valence-electron chi connectivity index (χ0n) is 11.2. The fourth-order valence-electron chi connectivity index (χ4n) is 1.83. The Kier molecular flexibility index (Phi) is 3.55. The first-order valence-corrected chi connectivity index (χ1v) is 6.06. The van der Waals surface area contributed by atoms with E-state index in [2.05, 4.69) is 10.2 Å². The van der Waals surface area contributed by atoms with E-state index >= 15 is 0 Å². The number of aryl methyl sites for hydroxylation is 2. The third-order valence-electron chi connectivity index (χ3n) is 2.98. The Bertz CT molecular complexity index is 617. The number of carboxylic acid groups (broad SMARTS) is 1. The van der Waals surface area contributed by atoms with Gasteiger partial charge in [0.15, 0.2) is 0 Å². The zero-order valence-corrected chi connectivity index (χ0v) is 11.2. The van der Waals surface area contributed by atoms with Crippen molar-refractivity contribution in [1.82, 2.24) is 10.2 Å². The topological polar surface area (TPSA) is 75.2 Å². The van der Waals surface area contributed by atoms with E-state index < -0.39 is 5.97 Å². The Morgan fingerprint density at radius 2 is 2.00 bits per heavy atom. The molecule has 0 spiro atoms. The predicted molar refractivity (Wildman–Crippen MR) is 71.6 cm³/mol. The Morgan fingerprint density at radius 1 is 1.32 bits per heavy atom. The van der Waals surface area contributed by atoms with Gasteiger partial charge in [-0.1, -0.05) is 0 Å². The van der Waals surface area contributed by atoms with Crippen molar-refractivity contribution in [3.05, 3.63) is 35.0 Å². The van der Waals surface area contributed by atoms with Crippen molar-refractivity contribution in [1.29, 1.82) is 0 Å². The van der Waals surface area contributed by atoms with Gasteiger partial charge in [-0.2, -0.15) is 5.10 Å². The summed E-state index contributed by atoms with van der Waals surface area (Å²) in [6.45, 7) is 6.46. The van der Waals surface area contributed by atoms with Crippen molar-refractivity contribution in [3.63, 3.8) is 0 Å². The molecule has 0 amide bonds. The lowest BCUT2D eigenvalue weighted by molar-refractivity contribution is 0.0690. The van der Waals surface area contributed by atoms with Crippen LogP contribution in [0, 0.1) is 13.8 Å². The van der Waals surface area contributed by atoms with Crippen molar-refractivity contribution in [2.45, 2.75) is 20.8 Å². The Hall–Kier alpha value is -2.30. The van der Waals surface area contributed by atoms with Crippen molar-refractivity contribution in [2.24, 2.45) is 0 Å². The van der Waals surface area contributed by atoms with Gasteiger partial charge in [0.05, 0.1) is 12.3 Å². The number of nitrogens with zero attached hydrogens (tertiary/aromatic N) is 1. The first-order chi connectivity index (χ1) is 9.02. The minimum atomic E-state index is -1.03. The number of aromatic nitrogens is 2.